The van der Waals surface area contributed by atoms with Gasteiger partial charge in [0.25, 0.3) is 0 Å². The molecule has 0 unspecified atom stereocenters. The summed E-state index contributed by atoms with van der Waals surface area (Å²) in [6.45, 7) is 8.62. The van der Waals surface area contributed by atoms with Gasteiger partial charge in [0.05, 0.1) is 12.8 Å². The zero-order valence-corrected chi connectivity index (χ0v) is 11.0. The fourth-order valence-electron chi connectivity index (χ4n) is 2.09. The third kappa shape index (κ3) is 3.86. The second kappa shape index (κ2) is 6.22. The van der Waals surface area contributed by atoms with Gasteiger partial charge >= 0.3 is 0 Å². The molecule has 0 aromatic carbocycles. The molecule has 0 amide bonds. The highest BCUT2D eigenvalue weighted by Crippen LogP contribution is 2.20. The molecule has 3 heteroatoms. The van der Waals surface area contributed by atoms with Crippen molar-refractivity contribution in [1.82, 2.24) is 10.2 Å². The first-order valence-electron chi connectivity index (χ1n) is 6.84. The largest absolute Gasteiger partial charge is 0.468 e. The molecule has 1 aromatic heterocycles. The third-order valence-electron chi connectivity index (χ3n) is 3.35. The van der Waals surface area contributed by atoms with Crippen molar-refractivity contribution >= 4 is 0 Å². The summed E-state index contributed by atoms with van der Waals surface area (Å²) in [7, 11) is 0. The van der Waals surface area contributed by atoms with Crippen molar-refractivity contribution in [3.63, 3.8) is 0 Å². The second-order valence-corrected chi connectivity index (χ2v) is 4.89. The van der Waals surface area contributed by atoms with E-state index < -0.39 is 0 Å². The van der Waals surface area contributed by atoms with E-state index in [1.807, 2.05) is 6.26 Å². The lowest BCUT2D eigenvalue weighted by Crippen LogP contribution is -2.24. The Labute approximate surface area is 104 Å². The molecule has 1 fully saturated rings. The number of nitrogens with zero attached hydrogens (tertiary/aromatic N) is 1. The highest BCUT2D eigenvalue weighted by molar-refractivity contribution is 5.17. The number of hydrogen-bond acceptors (Lipinski definition) is 3. The molecule has 3 nitrogen and oxygen atoms in total. The monoisotopic (exact) mass is 236 g/mol. The molecule has 1 aromatic rings. The maximum absolute atomic E-state index is 5.58. The molecule has 0 radical (unpaired) electrons. The van der Waals surface area contributed by atoms with E-state index in [0.717, 1.165) is 38.0 Å². The summed E-state index contributed by atoms with van der Waals surface area (Å²) < 4.78 is 5.58. The fraction of sp³-hybridized carbons (Fsp3) is 0.714. The van der Waals surface area contributed by atoms with Gasteiger partial charge < -0.3 is 9.73 Å². The summed E-state index contributed by atoms with van der Waals surface area (Å²) >= 11 is 0. The minimum absolute atomic E-state index is 0.742. The van der Waals surface area contributed by atoms with Crippen molar-refractivity contribution in [2.45, 2.75) is 52.2 Å². The summed E-state index contributed by atoms with van der Waals surface area (Å²) in [4.78, 5) is 2.46. The van der Waals surface area contributed by atoms with E-state index in [1.165, 1.54) is 24.8 Å². The number of rotatable bonds is 8. The average molecular weight is 236 g/mol. The summed E-state index contributed by atoms with van der Waals surface area (Å²) in [5, 5.41) is 3.51. The Morgan fingerprint density at radius 1 is 1.41 bits per heavy atom. The average Bonchev–Trinajstić information content (AvgIpc) is 3.07. The quantitative estimate of drug-likeness (QED) is 0.752. The van der Waals surface area contributed by atoms with Crippen LogP contribution in [0.1, 0.15) is 44.4 Å². The van der Waals surface area contributed by atoms with Crippen molar-refractivity contribution in [1.29, 1.82) is 0 Å². The lowest BCUT2D eigenvalue weighted by atomic mass is 10.2. The number of nitrogens with one attached hydrogen (secondary N) is 1. The van der Waals surface area contributed by atoms with Crippen LogP contribution >= 0.6 is 0 Å². The molecule has 1 saturated carbocycles. The molecule has 0 spiro atoms. The standard InChI is InChI=1S/C14H24N2O/c1-3-8-16(4-2)11-12-7-9-17-14(12)10-15-13-5-6-13/h7,9,13,15H,3-6,8,10-11H2,1-2H3. The Bertz CT molecular complexity index is 331. The predicted octanol–water partition coefficient (Wildman–Crippen LogP) is 2.76. The first kappa shape index (κ1) is 12.7. The minimum Gasteiger partial charge on any atom is -0.468 e. The van der Waals surface area contributed by atoms with Crippen LogP contribution < -0.4 is 5.32 Å². The second-order valence-electron chi connectivity index (χ2n) is 4.89. The summed E-state index contributed by atoms with van der Waals surface area (Å²) in [6.07, 6.45) is 5.68. The molecule has 17 heavy (non-hydrogen) atoms. The maximum Gasteiger partial charge on any atom is 0.122 e. The molecule has 1 aliphatic carbocycles. The highest BCUT2D eigenvalue weighted by atomic mass is 16.3. The van der Waals surface area contributed by atoms with Crippen molar-refractivity contribution < 1.29 is 4.42 Å². The summed E-state index contributed by atoms with van der Waals surface area (Å²) in [5.74, 6) is 1.12. The van der Waals surface area contributed by atoms with Crippen LogP contribution in [-0.4, -0.2) is 24.0 Å². The van der Waals surface area contributed by atoms with E-state index in [1.54, 1.807) is 0 Å². The van der Waals surface area contributed by atoms with Crippen LogP contribution in [-0.2, 0) is 13.1 Å². The van der Waals surface area contributed by atoms with Crippen molar-refractivity contribution in [2.24, 2.45) is 0 Å². The van der Waals surface area contributed by atoms with E-state index in [0.29, 0.717) is 0 Å². The molecule has 1 aliphatic rings. The topological polar surface area (TPSA) is 28.4 Å². The highest BCUT2D eigenvalue weighted by Gasteiger charge is 2.21. The van der Waals surface area contributed by atoms with Crippen LogP contribution in [0.25, 0.3) is 0 Å². The Balaban J connectivity index is 1.87. The molecule has 0 bridgehead atoms. The van der Waals surface area contributed by atoms with Gasteiger partial charge in [0.2, 0.25) is 0 Å². The number of hydrogen-bond donors (Lipinski definition) is 1. The van der Waals surface area contributed by atoms with E-state index >= 15 is 0 Å². The molecule has 0 aliphatic heterocycles. The molecule has 0 saturated heterocycles. The van der Waals surface area contributed by atoms with Crippen LogP contribution in [0.3, 0.4) is 0 Å². The van der Waals surface area contributed by atoms with E-state index in [2.05, 4.69) is 30.1 Å². The Morgan fingerprint density at radius 2 is 2.24 bits per heavy atom. The predicted molar refractivity (Wildman–Crippen MR) is 69.8 cm³/mol. The smallest absolute Gasteiger partial charge is 0.122 e. The van der Waals surface area contributed by atoms with Gasteiger partial charge in [-0.15, -0.1) is 0 Å². The SMILES string of the molecule is CCCN(CC)Cc1ccoc1CNC1CC1. The van der Waals surface area contributed by atoms with E-state index in [9.17, 15) is 0 Å². The number of furan rings is 1. The zero-order valence-electron chi connectivity index (χ0n) is 11.0. The molecular formula is C14H24N2O. The van der Waals surface area contributed by atoms with Gasteiger partial charge in [-0.25, -0.2) is 0 Å². The minimum atomic E-state index is 0.742. The van der Waals surface area contributed by atoms with Gasteiger partial charge in [0.1, 0.15) is 5.76 Å². The Morgan fingerprint density at radius 3 is 2.88 bits per heavy atom. The van der Waals surface area contributed by atoms with Gasteiger partial charge in [-0.05, 0) is 38.4 Å². The van der Waals surface area contributed by atoms with Gasteiger partial charge in [0.15, 0.2) is 0 Å². The van der Waals surface area contributed by atoms with Crippen molar-refractivity contribution in [3.05, 3.63) is 23.7 Å². The zero-order chi connectivity index (χ0) is 12.1. The van der Waals surface area contributed by atoms with Gasteiger partial charge in [-0.1, -0.05) is 13.8 Å². The molecule has 2 rings (SSSR count). The van der Waals surface area contributed by atoms with Crippen molar-refractivity contribution in [2.75, 3.05) is 13.1 Å². The van der Waals surface area contributed by atoms with Crippen molar-refractivity contribution in [3.8, 4) is 0 Å². The molecule has 0 atom stereocenters. The summed E-state index contributed by atoms with van der Waals surface area (Å²) in [6, 6.07) is 2.85. The van der Waals surface area contributed by atoms with Crippen LogP contribution in [0.4, 0.5) is 0 Å². The Hall–Kier alpha value is -0.800. The molecule has 1 N–H and O–H groups in total. The molecular weight excluding hydrogens is 212 g/mol. The lowest BCUT2D eigenvalue weighted by Gasteiger charge is -2.19. The van der Waals surface area contributed by atoms with Crippen LogP contribution in [0.2, 0.25) is 0 Å². The third-order valence-corrected chi connectivity index (χ3v) is 3.35. The van der Waals surface area contributed by atoms with Gasteiger partial charge in [-0.2, -0.15) is 0 Å². The van der Waals surface area contributed by atoms with Crippen LogP contribution in [0.15, 0.2) is 16.7 Å². The fourth-order valence-corrected chi connectivity index (χ4v) is 2.09. The first-order valence-corrected chi connectivity index (χ1v) is 6.84. The van der Waals surface area contributed by atoms with Gasteiger partial charge in [-0.3, -0.25) is 4.90 Å². The van der Waals surface area contributed by atoms with Gasteiger partial charge in [0, 0.05) is 18.2 Å². The van der Waals surface area contributed by atoms with Crippen LogP contribution in [0, 0.1) is 0 Å². The van der Waals surface area contributed by atoms with Crippen LogP contribution in [0.5, 0.6) is 0 Å². The molecule has 96 valence electrons. The first-order chi connectivity index (χ1) is 8.33. The normalized spacial score (nSPS) is 15.7. The van der Waals surface area contributed by atoms with E-state index in [4.69, 9.17) is 4.42 Å². The Kier molecular flexibility index (Phi) is 4.63. The summed E-state index contributed by atoms with van der Waals surface area (Å²) in [5.41, 5.74) is 1.34. The molecule has 1 heterocycles. The lowest BCUT2D eigenvalue weighted by molar-refractivity contribution is 0.277. The van der Waals surface area contributed by atoms with E-state index in [-0.39, 0.29) is 0 Å². The maximum atomic E-state index is 5.58.